The summed E-state index contributed by atoms with van der Waals surface area (Å²) in [5.41, 5.74) is -0.707. The Kier molecular flexibility index (Phi) is 1.58. The van der Waals surface area contributed by atoms with Gasteiger partial charge in [0.2, 0.25) is 0 Å². The molecular weight excluding hydrogens is 116 g/mol. The zero-order valence-corrected chi connectivity index (χ0v) is 5.63. The highest BCUT2D eigenvalue weighted by molar-refractivity contribution is 5.56. The molecule has 1 saturated carbocycles. The van der Waals surface area contributed by atoms with E-state index in [0.29, 0.717) is 0 Å². The molecule has 1 aliphatic rings. The minimum Gasteiger partial charge on any atom is -0.389 e. The number of carbonyl (C=O) groups excluding carboxylic acids is 1. The second-order valence-corrected chi connectivity index (χ2v) is 2.99. The van der Waals surface area contributed by atoms with Gasteiger partial charge in [-0.25, -0.2) is 0 Å². The lowest BCUT2D eigenvalue weighted by Gasteiger charge is -2.19. The van der Waals surface area contributed by atoms with Crippen molar-refractivity contribution in [2.24, 2.45) is 5.92 Å². The molecule has 1 fully saturated rings. The van der Waals surface area contributed by atoms with E-state index < -0.39 is 5.60 Å². The van der Waals surface area contributed by atoms with Crippen molar-refractivity contribution < 1.29 is 9.90 Å². The number of hydrogen-bond acceptors (Lipinski definition) is 2. The fourth-order valence-electron chi connectivity index (χ4n) is 1.39. The summed E-state index contributed by atoms with van der Waals surface area (Å²) in [7, 11) is 0. The van der Waals surface area contributed by atoms with Crippen molar-refractivity contribution in [1.29, 1.82) is 0 Å². The molecule has 52 valence electrons. The lowest BCUT2D eigenvalue weighted by Crippen LogP contribution is -2.29. The van der Waals surface area contributed by atoms with Crippen LogP contribution >= 0.6 is 0 Å². The highest BCUT2D eigenvalue weighted by atomic mass is 16.3. The van der Waals surface area contributed by atoms with Crippen LogP contribution in [0.1, 0.15) is 26.2 Å². The zero-order chi connectivity index (χ0) is 6.91. The standard InChI is InChI=1S/C7H12O2/c1-7(9)4-2-3-6(7)5-8/h5-6,9H,2-4H2,1H3/t6-,7+/m0/s1. The van der Waals surface area contributed by atoms with Gasteiger partial charge < -0.3 is 9.90 Å². The largest absolute Gasteiger partial charge is 0.389 e. The molecule has 2 atom stereocenters. The summed E-state index contributed by atoms with van der Waals surface area (Å²) in [4.78, 5) is 10.3. The molecule has 2 heteroatoms. The number of rotatable bonds is 1. The van der Waals surface area contributed by atoms with Crippen molar-refractivity contribution in [2.45, 2.75) is 31.8 Å². The average molecular weight is 128 g/mol. The first kappa shape index (κ1) is 6.75. The molecule has 2 nitrogen and oxygen atoms in total. The molecule has 0 heterocycles. The highest BCUT2D eigenvalue weighted by Gasteiger charge is 2.36. The van der Waals surface area contributed by atoms with Crippen LogP contribution in [-0.4, -0.2) is 17.0 Å². The van der Waals surface area contributed by atoms with E-state index in [0.717, 1.165) is 25.5 Å². The molecule has 0 unspecified atom stereocenters. The smallest absolute Gasteiger partial charge is 0.125 e. The molecule has 0 aromatic heterocycles. The van der Waals surface area contributed by atoms with Crippen LogP contribution in [0.15, 0.2) is 0 Å². The van der Waals surface area contributed by atoms with Crippen LogP contribution in [0.5, 0.6) is 0 Å². The van der Waals surface area contributed by atoms with Crippen LogP contribution in [0.3, 0.4) is 0 Å². The molecule has 0 radical (unpaired) electrons. The molecule has 0 aromatic carbocycles. The first-order valence-corrected chi connectivity index (χ1v) is 3.34. The van der Waals surface area contributed by atoms with E-state index in [1.54, 1.807) is 6.92 Å². The van der Waals surface area contributed by atoms with E-state index in [2.05, 4.69) is 0 Å². The Bertz CT molecular complexity index is 118. The van der Waals surface area contributed by atoms with Crippen molar-refractivity contribution >= 4 is 6.29 Å². The normalized spacial score (nSPS) is 43.1. The van der Waals surface area contributed by atoms with Crippen molar-refractivity contribution in [1.82, 2.24) is 0 Å². The summed E-state index contributed by atoms with van der Waals surface area (Å²) in [5, 5.41) is 9.42. The lowest BCUT2D eigenvalue weighted by atomic mass is 9.95. The molecule has 1 rings (SSSR count). The molecule has 0 aliphatic heterocycles. The van der Waals surface area contributed by atoms with E-state index in [1.165, 1.54) is 0 Å². The summed E-state index contributed by atoms with van der Waals surface area (Å²) >= 11 is 0. The monoisotopic (exact) mass is 128 g/mol. The van der Waals surface area contributed by atoms with Gasteiger partial charge in [0.05, 0.1) is 5.60 Å². The average Bonchev–Trinajstić information content (AvgIpc) is 2.08. The first-order chi connectivity index (χ1) is 4.17. The number of aldehydes is 1. The third kappa shape index (κ3) is 1.13. The van der Waals surface area contributed by atoms with Gasteiger partial charge in [-0.2, -0.15) is 0 Å². The quantitative estimate of drug-likeness (QED) is 0.529. The summed E-state index contributed by atoms with van der Waals surface area (Å²) in [5.74, 6) is -0.113. The summed E-state index contributed by atoms with van der Waals surface area (Å²) in [6.45, 7) is 1.74. The summed E-state index contributed by atoms with van der Waals surface area (Å²) < 4.78 is 0. The van der Waals surface area contributed by atoms with Crippen molar-refractivity contribution in [2.75, 3.05) is 0 Å². The van der Waals surface area contributed by atoms with E-state index in [-0.39, 0.29) is 5.92 Å². The van der Waals surface area contributed by atoms with Gasteiger partial charge in [-0.05, 0) is 26.2 Å². The Hall–Kier alpha value is -0.370. The van der Waals surface area contributed by atoms with Crippen LogP contribution in [0.4, 0.5) is 0 Å². The minimum atomic E-state index is -0.707. The van der Waals surface area contributed by atoms with E-state index in [4.69, 9.17) is 0 Å². The Balaban J connectivity index is 2.62. The van der Waals surface area contributed by atoms with Crippen LogP contribution in [0.2, 0.25) is 0 Å². The van der Waals surface area contributed by atoms with E-state index in [9.17, 15) is 9.90 Å². The summed E-state index contributed by atoms with van der Waals surface area (Å²) in [6, 6.07) is 0. The van der Waals surface area contributed by atoms with Crippen molar-refractivity contribution in [3.63, 3.8) is 0 Å². The maximum Gasteiger partial charge on any atom is 0.125 e. The van der Waals surface area contributed by atoms with E-state index >= 15 is 0 Å². The Morgan fingerprint density at radius 1 is 1.78 bits per heavy atom. The number of hydrogen-bond donors (Lipinski definition) is 1. The second-order valence-electron chi connectivity index (χ2n) is 2.99. The van der Waals surface area contributed by atoms with Crippen LogP contribution in [0.25, 0.3) is 0 Å². The second kappa shape index (κ2) is 2.10. The molecule has 0 bridgehead atoms. The van der Waals surface area contributed by atoms with Gasteiger partial charge in [-0.15, -0.1) is 0 Å². The minimum absolute atomic E-state index is 0.113. The van der Waals surface area contributed by atoms with Crippen LogP contribution in [0, 0.1) is 5.92 Å². The van der Waals surface area contributed by atoms with Crippen molar-refractivity contribution in [3.8, 4) is 0 Å². The number of aliphatic hydroxyl groups is 1. The van der Waals surface area contributed by atoms with Gasteiger partial charge in [0.25, 0.3) is 0 Å². The predicted molar refractivity (Wildman–Crippen MR) is 34.0 cm³/mol. The van der Waals surface area contributed by atoms with Gasteiger partial charge in [0.1, 0.15) is 6.29 Å². The maximum absolute atomic E-state index is 10.3. The SMILES string of the molecule is C[C@@]1(O)CCC[C@H]1C=O. The fourth-order valence-corrected chi connectivity index (χ4v) is 1.39. The predicted octanol–water partition coefficient (Wildman–Crippen LogP) is 0.736. The van der Waals surface area contributed by atoms with Gasteiger partial charge in [0.15, 0.2) is 0 Å². The Morgan fingerprint density at radius 2 is 2.44 bits per heavy atom. The molecule has 1 N–H and O–H groups in total. The number of carbonyl (C=O) groups is 1. The molecule has 0 amide bonds. The molecule has 0 spiro atoms. The molecule has 0 saturated heterocycles. The molecule has 0 aromatic rings. The van der Waals surface area contributed by atoms with Gasteiger partial charge in [0, 0.05) is 5.92 Å². The van der Waals surface area contributed by atoms with E-state index in [1.807, 2.05) is 0 Å². The Labute approximate surface area is 54.9 Å². The molecular formula is C7H12O2. The van der Waals surface area contributed by atoms with Crippen molar-refractivity contribution in [3.05, 3.63) is 0 Å². The third-order valence-corrected chi connectivity index (χ3v) is 2.16. The fraction of sp³-hybridized carbons (Fsp3) is 0.857. The Morgan fingerprint density at radius 3 is 2.67 bits per heavy atom. The first-order valence-electron chi connectivity index (χ1n) is 3.34. The molecule has 9 heavy (non-hydrogen) atoms. The molecule has 1 aliphatic carbocycles. The van der Waals surface area contributed by atoms with Gasteiger partial charge >= 0.3 is 0 Å². The highest BCUT2D eigenvalue weighted by Crippen LogP contribution is 2.33. The summed E-state index contributed by atoms with van der Waals surface area (Å²) in [6.07, 6.45) is 3.48. The van der Waals surface area contributed by atoms with Crippen LogP contribution in [-0.2, 0) is 4.79 Å². The van der Waals surface area contributed by atoms with Gasteiger partial charge in [-0.1, -0.05) is 0 Å². The maximum atomic E-state index is 10.3. The lowest BCUT2D eigenvalue weighted by molar-refractivity contribution is -0.116. The van der Waals surface area contributed by atoms with Crippen LogP contribution < -0.4 is 0 Å². The van der Waals surface area contributed by atoms with Gasteiger partial charge in [-0.3, -0.25) is 0 Å². The topological polar surface area (TPSA) is 37.3 Å². The zero-order valence-electron chi connectivity index (χ0n) is 5.63. The third-order valence-electron chi connectivity index (χ3n) is 2.16.